The SMILES string of the molecule is CC(C)C.CCC.Cc1cc(CC(=O)N2CCC(O)C2)on1.Cc1ncsc1-c1ccc(CNC=O)cc1. The van der Waals surface area contributed by atoms with Gasteiger partial charge in [0.15, 0.2) is 0 Å². The Morgan fingerprint density at radius 1 is 1.24 bits per heavy atom. The summed E-state index contributed by atoms with van der Waals surface area (Å²) in [6.45, 7) is 16.2. The zero-order valence-electron chi connectivity index (χ0n) is 23.9. The second kappa shape index (κ2) is 18.3. The van der Waals surface area contributed by atoms with Gasteiger partial charge >= 0.3 is 0 Å². The number of nitrogens with one attached hydrogen (secondary N) is 1. The lowest BCUT2D eigenvalue weighted by molar-refractivity contribution is -0.130. The summed E-state index contributed by atoms with van der Waals surface area (Å²) >= 11 is 1.64. The van der Waals surface area contributed by atoms with Gasteiger partial charge in [-0.3, -0.25) is 9.59 Å². The fourth-order valence-electron chi connectivity index (χ4n) is 3.24. The molecule has 38 heavy (non-hydrogen) atoms. The standard InChI is InChI=1S/C12H12N2OS.C10H14N2O3.C4H10.C3H8/c1-9-12(16-8-14-9)11-4-2-10(3-5-11)6-13-7-15;1-7-4-9(15-11-7)5-10(14)12-3-2-8(13)6-12;1-4(2)3;1-3-2/h2-5,7-8H,6H2,1H3,(H,13,15);4,8,13H,2-3,5-6H2,1H3;4H,1-3H3;3H2,1-2H3. The first kappa shape index (κ1) is 33.0. The van der Waals surface area contributed by atoms with Gasteiger partial charge in [0.05, 0.1) is 34.3 Å². The summed E-state index contributed by atoms with van der Waals surface area (Å²) in [6, 6.07) is 9.91. The molecule has 1 atom stereocenters. The van der Waals surface area contributed by atoms with E-state index in [9.17, 15) is 14.7 Å². The molecule has 210 valence electrons. The van der Waals surface area contributed by atoms with Gasteiger partial charge in [0, 0.05) is 25.7 Å². The van der Waals surface area contributed by atoms with Gasteiger partial charge in [0.25, 0.3) is 0 Å². The van der Waals surface area contributed by atoms with Crippen LogP contribution in [-0.2, 0) is 22.6 Å². The Morgan fingerprint density at radius 3 is 2.32 bits per heavy atom. The van der Waals surface area contributed by atoms with Crippen molar-refractivity contribution in [2.24, 2.45) is 5.92 Å². The second-order valence-electron chi connectivity index (χ2n) is 9.80. The van der Waals surface area contributed by atoms with Crippen LogP contribution < -0.4 is 5.32 Å². The molecule has 0 spiro atoms. The van der Waals surface area contributed by atoms with Crippen molar-refractivity contribution in [3.05, 3.63) is 58.6 Å². The average molecular weight is 545 g/mol. The van der Waals surface area contributed by atoms with Gasteiger partial charge in [-0.25, -0.2) is 4.98 Å². The summed E-state index contributed by atoms with van der Waals surface area (Å²) in [5.74, 6) is 1.40. The molecule has 0 saturated carbocycles. The first-order valence-electron chi connectivity index (χ1n) is 13.2. The number of hydrogen-bond donors (Lipinski definition) is 2. The number of amides is 2. The fourth-order valence-corrected chi connectivity index (χ4v) is 4.05. The number of nitrogens with zero attached hydrogens (tertiary/aromatic N) is 3. The zero-order valence-corrected chi connectivity index (χ0v) is 24.7. The van der Waals surface area contributed by atoms with Crippen LogP contribution in [0.2, 0.25) is 0 Å². The van der Waals surface area contributed by atoms with Crippen LogP contribution in [0.1, 0.15) is 70.2 Å². The quantitative estimate of drug-likeness (QED) is 0.393. The maximum Gasteiger partial charge on any atom is 0.230 e. The molecular formula is C29H44N4O4S. The third-order valence-electron chi connectivity index (χ3n) is 4.87. The number of aliphatic hydroxyl groups excluding tert-OH is 1. The van der Waals surface area contributed by atoms with E-state index >= 15 is 0 Å². The second-order valence-corrected chi connectivity index (χ2v) is 10.7. The van der Waals surface area contributed by atoms with E-state index in [1.165, 1.54) is 16.9 Å². The minimum absolute atomic E-state index is 0.0114. The smallest absolute Gasteiger partial charge is 0.230 e. The summed E-state index contributed by atoms with van der Waals surface area (Å²) in [4.78, 5) is 28.9. The molecule has 3 heterocycles. The molecule has 1 aliphatic heterocycles. The maximum atomic E-state index is 11.7. The van der Waals surface area contributed by atoms with Gasteiger partial charge in [0.2, 0.25) is 12.3 Å². The Hall–Kier alpha value is -3.04. The molecule has 1 unspecified atom stereocenters. The number of rotatable bonds is 6. The lowest BCUT2D eigenvalue weighted by Gasteiger charge is -2.13. The largest absolute Gasteiger partial charge is 0.391 e. The predicted octanol–water partition coefficient (Wildman–Crippen LogP) is 5.56. The van der Waals surface area contributed by atoms with Crippen LogP contribution >= 0.6 is 11.3 Å². The highest BCUT2D eigenvalue weighted by atomic mass is 32.1. The Morgan fingerprint density at radius 2 is 1.87 bits per heavy atom. The minimum atomic E-state index is -0.370. The molecule has 4 rings (SSSR count). The normalized spacial score (nSPS) is 13.9. The number of carbonyl (C=O) groups excluding carboxylic acids is 2. The summed E-state index contributed by atoms with van der Waals surface area (Å²) in [5.41, 5.74) is 5.96. The fraction of sp³-hybridized carbons (Fsp3) is 0.517. The number of β-amino-alcohol motifs (C(OH)–C–C–N with tert-alkyl or cyclic N) is 1. The van der Waals surface area contributed by atoms with Crippen molar-refractivity contribution in [2.75, 3.05) is 13.1 Å². The van der Waals surface area contributed by atoms with Gasteiger partial charge in [-0.15, -0.1) is 11.3 Å². The van der Waals surface area contributed by atoms with Crippen LogP contribution in [0.3, 0.4) is 0 Å². The van der Waals surface area contributed by atoms with E-state index in [-0.39, 0.29) is 18.4 Å². The first-order valence-corrected chi connectivity index (χ1v) is 14.0. The van der Waals surface area contributed by atoms with E-state index < -0.39 is 0 Å². The van der Waals surface area contributed by atoms with Crippen molar-refractivity contribution in [2.45, 2.75) is 80.4 Å². The molecule has 2 N–H and O–H groups in total. The molecule has 1 saturated heterocycles. The lowest BCUT2D eigenvalue weighted by atomic mass is 10.1. The number of aryl methyl sites for hydroxylation is 2. The molecule has 1 fully saturated rings. The monoisotopic (exact) mass is 544 g/mol. The molecule has 1 aliphatic rings. The van der Waals surface area contributed by atoms with E-state index in [2.05, 4.69) is 62.2 Å². The first-order chi connectivity index (χ1) is 18.1. The predicted molar refractivity (Wildman–Crippen MR) is 154 cm³/mol. The van der Waals surface area contributed by atoms with E-state index in [4.69, 9.17) is 4.52 Å². The molecule has 0 aliphatic carbocycles. The summed E-state index contributed by atoms with van der Waals surface area (Å²) < 4.78 is 4.96. The van der Waals surface area contributed by atoms with Crippen LogP contribution in [0.5, 0.6) is 0 Å². The third kappa shape index (κ3) is 13.0. The van der Waals surface area contributed by atoms with Crippen molar-refractivity contribution >= 4 is 23.7 Å². The van der Waals surface area contributed by atoms with Crippen LogP contribution in [0, 0.1) is 19.8 Å². The number of aliphatic hydroxyl groups is 1. The van der Waals surface area contributed by atoms with E-state index in [1.54, 1.807) is 22.3 Å². The van der Waals surface area contributed by atoms with Gasteiger partial charge in [-0.2, -0.15) is 0 Å². The maximum absolute atomic E-state index is 11.7. The number of likely N-dealkylation sites (tertiary alicyclic amines) is 1. The molecule has 2 aromatic heterocycles. The zero-order chi connectivity index (χ0) is 28.5. The van der Waals surface area contributed by atoms with Crippen LogP contribution in [0.25, 0.3) is 10.4 Å². The van der Waals surface area contributed by atoms with E-state index in [1.807, 2.05) is 31.5 Å². The number of hydrogen-bond acceptors (Lipinski definition) is 7. The highest BCUT2D eigenvalue weighted by Gasteiger charge is 2.25. The average Bonchev–Trinajstić information content (AvgIpc) is 3.60. The lowest BCUT2D eigenvalue weighted by Crippen LogP contribution is -2.30. The van der Waals surface area contributed by atoms with Gasteiger partial charge in [-0.1, -0.05) is 70.5 Å². The Bertz CT molecular complexity index is 1060. The molecule has 9 heteroatoms. The van der Waals surface area contributed by atoms with Crippen molar-refractivity contribution in [1.29, 1.82) is 0 Å². The van der Waals surface area contributed by atoms with Crippen LogP contribution in [0.4, 0.5) is 0 Å². The van der Waals surface area contributed by atoms with Gasteiger partial charge in [-0.05, 0) is 37.3 Å². The molecule has 1 aromatic carbocycles. The summed E-state index contributed by atoms with van der Waals surface area (Å²) in [7, 11) is 0. The topological polar surface area (TPSA) is 109 Å². The van der Waals surface area contributed by atoms with Crippen molar-refractivity contribution < 1.29 is 19.2 Å². The molecule has 2 amide bonds. The molecule has 3 aromatic rings. The number of carbonyl (C=O) groups is 2. The molecule has 0 bridgehead atoms. The van der Waals surface area contributed by atoms with Crippen molar-refractivity contribution in [1.82, 2.24) is 20.4 Å². The van der Waals surface area contributed by atoms with Crippen molar-refractivity contribution in [3.63, 3.8) is 0 Å². The third-order valence-corrected chi connectivity index (χ3v) is 5.85. The minimum Gasteiger partial charge on any atom is -0.391 e. The Kier molecular flexibility index (Phi) is 15.8. The summed E-state index contributed by atoms with van der Waals surface area (Å²) in [6.07, 6.45) is 2.49. The van der Waals surface area contributed by atoms with Gasteiger partial charge < -0.3 is 19.8 Å². The molecular weight excluding hydrogens is 500 g/mol. The van der Waals surface area contributed by atoms with E-state index in [0.717, 1.165) is 22.9 Å². The summed E-state index contributed by atoms with van der Waals surface area (Å²) in [5, 5.41) is 15.6. The number of benzene rings is 1. The Balaban J connectivity index is 0.000000307. The molecule has 0 radical (unpaired) electrons. The van der Waals surface area contributed by atoms with Crippen LogP contribution in [-0.4, -0.2) is 51.7 Å². The molecule has 8 nitrogen and oxygen atoms in total. The number of thiazole rings is 1. The van der Waals surface area contributed by atoms with E-state index in [0.29, 0.717) is 38.2 Å². The van der Waals surface area contributed by atoms with Gasteiger partial charge in [0.1, 0.15) is 5.76 Å². The highest BCUT2D eigenvalue weighted by Crippen LogP contribution is 2.27. The van der Waals surface area contributed by atoms with Crippen molar-refractivity contribution in [3.8, 4) is 10.4 Å². The Labute approximate surface area is 231 Å². The highest BCUT2D eigenvalue weighted by molar-refractivity contribution is 7.13. The van der Waals surface area contributed by atoms with Crippen LogP contribution in [0.15, 0.2) is 40.4 Å². The number of aromatic nitrogens is 2.